The molecule has 0 aromatic heterocycles. The summed E-state index contributed by atoms with van der Waals surface area (Å²) in [7, 11) is 0. The number of likely N-dealkylation sites (tertiary alicyclic amines) is 1. The highest BCUT2D eigenvalue weighted by atomic mass is 19.4. The molecule has 0 bridgehead atoms. The lowest BCUT2D eigenvalue weighted by Gasteiger charge is -2.25. The van der Waals surface area contributed by atoms with E-state index in [9.17, 15) is 18.0 Å². The van der Waals surface area contributed by atoms with Crippen LogP contribution in [0.2, 0.25) is 0 Å². The number of halogens is 3. The zero-order valence-electron chi connectivity index (χ0n) is 9.68. The minimum absolute atomic E-state index is 0.353. The Morgan fingerprint density at radius 2 is 1.75 bits per heavy atom. The molecule has 1 fully saturated rings. The second-order valence-electron chi connectivity index (χ2n) is 4.68. The molecule has 1 rings (SSSR count). The number of amides is 1. The second-order valence-corrected chi connectivity index (χ2v) is 4.68. The highest BCUT2D eigenvalue weighted by Gasteiger charge is 2.43. The Bertz CT molecular complexity index is 244. The van der Waals surface area contributed by atoms with Crippen molar-refractivity contribution in [3.05, 3.63) is 0 Å². The summed E-state index contributed by atoms with van der Waals surface area (Å²) >= 11 is 0. The van der Waals surface area contributed by atoms with Crippen LogP contribution in [0.1, 0.15) is 33.1 Å². The van der Waals surface area contributed by atoms with Crippen LogP contribution in [0.3, 0.4) is 0 Å². The third-order valence-electron chi connectivity index (χ3n) is 3.08. The molecule has 0 radical (unpaired) electrons. The number of carbonyl (C=O) groups is 1. The topological polar surface area (TPSA) is 20.3 Å². The first-order valence-electron chi connectivity index (χ1n) is 5.67. The Kier molecular flexibility index (Phi) is 4.21. The van der Waals surface area contributed by atoms with Gasteiger partial charge in [0.25, 0.3) is 0 Å². The van der Waals surface area contributed by atoms with Gasteiger partial charge in [0.1, 0.15) is 0 Å². The molecule has 94 valence electrons. The Morgan fingerprint density at radius 3 is 2.12 bits per heavy atom. The van der Waals surface area contributed by atoms with Crippen LogP contribution in [0.15, 0.2) is 0 Å². The highest BCUT2D eigenvalue weighted by molar-refractivity contribution is 5.76. The number of carbonyl (C=O) groups excluding carboxylic acids is 1. The average molecular weight is 237 g/mol. The lowest BCUT2D eigenvalue weighted by molar-refractivity contribution is -0.191. The van der Waals surface area contributed by atoms with Gasteiger partial charge in [0, 0.05) is 19.5 Å². The molecule has 1 saturated heterocycles. The summed E-state index contributed by atoms with van der Waals surface area (Å²) in [6.45, 7) is 4.24. The second kappa shape index (κ2) is 5.06. The summed E-state index contributed by atoms with van der Waals surface area (Å²) in [4.78, 5) is 13.2. The van der Waals surface area contributed by atoms with Gasteiger partial charge < -0.3 is 4.90 Å². The van der Waals surface area contributed by atoms with E-state index in [0.717, 1.165) is 12.8 Å². The van der Waals surface area contributed by atoms with Crippen molar-refractivity contribution in [2.75, 3.05) is 13.1 Å². The fourth-order valence-electron chi connectivity index (χ4n) is 2.01. The molecule has 1 amide bonds. The Hall–Kier alpha value is -0.740. The zero-order chi connectivity index (χ0) is 12.3. The van der Waals surface area contributed by atoms with Gasteiger partial charge in [-0.2, -0.15) is 13.2 Å². The molecule has 0 aromatic rings. The molecule has 0 aromatic carbocycles. The summed E-state index contributed by atoms with van der Waals surface area (Å²) in [6.07, 6.45) is -2.86. The lowest BCUT2D eigenvalue weighted by Crippen LogP contribution is -2.36. The third-order valence-corrected chi connectivity index (χ3v) is 3.08. The Labute approximate surface area is 93.8 Å². The van der Waals surface area contributed by atoms with E-state index in [1.807, 2.05) is 0 Å². The van der Waals surface area contributed by atoms with Crippen LogP contribution in [0.5, 0.6) is 0 Å². The average Bonchev–Trinajstić information content (AvgIpc) is 2.63. The van der Waals surface area contributed by atoms with E-state index in [4.69, 9.17) is 0 Å². The quantitative estimate of drug-likeness (QED) is 0.739. The maximum atomic E-state index is 12.6. The first kappa shape index (κ1) is 13.3. The molecule has 0 spiro atoms. The van der Waals surface area contributed by atoms with Crippen molar-refractivity contribution < 1.29 is 18.0 Å². The Balaban J connectivity index is 2.58. The van der Waals surface area contributed by atoms with Gasteiger partial charge in [-0.05, 0) is 18.8 Å². The number of rotatable bonds is 3. The third kappa shape index (κ3) is 3.39. The maximum Gasteiger partial charge on any atom is 0.392 e. The molecule has 5 heteroatoms. The van der Waals surface area contributed by atoms with Crippen molar-refractivity contribution >= 4 is 5.91 Å². The first-order valence-corrected chi connectivity index (χ1v) is 5.67. The molecule has 1 unspecified atom stereocenters. The van der Waals surface area contributed by atoms with Crippen molar-refractivity contribution in [2.24, 2.45) is 11.8 Å². The fourth-order valence-corrected chi connectivity index (χ4v) is 2.01. The highest BCUT2D eigenvalue weighted by Crippen LogP contribution is 2.35. The van der Waals surface area contributed by atoms with Crippen molar-refractivity contribution in [3.8, 4) is 0 Å². The zero-order valence-corrected chi connectivity index (χ0v) is 9.68. The normalized spacial score (nSPS) is 19.2. The smallest absolute Gasteiger partial charge is 0.343 e. The minimum Gasteiger partial charge on any atom is -0.343 e. The van der Waals surface area contributed by atoms with Crippen molar-refractivity contribution in [1.29, 1.82) is 0 Å². The molecular weight excluding hydrogens is 219 g/mol. The van der Waals surface area contributed by atoms with Crippen LogP contribution in [0.4, 0.5) is 13.2 Å². The van der Waals surface area contributed by atoms with Gasteiger partial charge in [-0.3, -0.25) is 4.79 Å². The van der Waals surface area contributed by atoms with Crippen LogP contribution in [0, 0.1) is 11.8 Å². The van der Waals surface area contributed by atoms with Crippen LogP contribution in [-0.4, -0.2) is 30.1 Å². The SMILES string of the molecule is CC(C)C(CC(=O)N1CCCC1)C(F)(F)F. The summed E-state index contributed by atoms with van der Waals surface area (Å²) in [5.41, 5.74) is 0. The van der Waals surface area contributed by atoms with E-state index in [2.05, 4.69) is 0 Å². The first-order chi connectivity index (χ1) is 7.32. The van der Waals surface area contributed by atoms with Gasteiger partial charge >= 0.3 is 6.18 Å². The molecule has 0 saturated carbocycles. The van der Waals surface area contributed by atoms with Crippen LogP contribution in [-0.2, 0) is 4.79 Å². The molecule has 0 aliphatic carbocycles. The number of hydrogen-bond donors (Lipinski definition) is 0. The molecular formula is C11H18F3NO. The van der Waals surface area contributed by atoms with E-state index in [1.165, 1.54) is 13.8 Å². The maximum absolute atomic E-state index is 12.6. The van der Waals surface area contributed by atoms with Gasteiger partial charge in [-0.15, -0.1) is 0 Å². The predicted octanol–water partition coefficient (Wildman–Crippen LogP) is 2.83. The summed E-state index contributed by atoms with van der Waals surface area (Å²) in [6, 6.07) is 0. The fraction of sp³-hybridized carbons (Fsp3) is 0.909. The molecule has 1 aliphatic heterocycles. The predicted molar refractivity (Wildman–Crippen MR) is 54.8 cm³/mol. The van der Waals surface area contributed by atoms with Crippen molar-refractivity contribution in [2.45, 2.75) is 39.3 Å². The van der Waals surface area contributed by atoms with E-state index < -0.39 is 24.4 Å². The largest absolute Gasteiger partial charge is 0.392 e. The molecule has 16 heavy (non-hydrogen) atoms. The molecule has 0 N–H and O–H groups in total. The molecule has 1 heterocycles. The van der Waals surface area contributed by atoms with E-state index in [0.29, 0.717) is 13.1 Å². The van der Waals surface area contributed by atoms with Crippen LogP contribution < -0.4 is 0 Å². The molecule has 1 aliphatic rings. The standard InChI is InChI=1S/C11H18F3NO/c1-8(2)9(11(12,13)14)7-10(16)15-5-3-4-6-15/h8-9H,3-7H2,1-2H3. The van der Waals surface area contributed by atoms with Crippen LogP contribution >= 0.6 is 0 Å². The van der Waals surface area contributed by atoms with Gasteiger partial charge in [0.15, 0.2) is 0 Å². The number of alkyl halides is 3. The van der Waals surface area contributed by atoms with E-state index in [-0.39, 0.29) is 5.91 Å². The van der Waals surface area contributed by atoms with E-state index in [1.54, 1.807) is 4.90 Å². The van der Waals surface area contributed by atoms with Crippen LogP contribution in [0.25, 0.3) is 0 Å². The van der Waals surface area contributed by atoms with E-state index >= 15 is 0 Å². The van der Waals surface area contributed by atoms with Gasteiger partial charge in [0.2, 0.25) is 5.91 Å². The Morgan fingerprint density at radius 1 is 1.25 bits per heavy atom. The number of hydrogen-bond acceptors (Lipinski definition) is 1. The van der Waals surface area contributed by atoms with Crippen molar-refractivity contribution in [3.63, 3.8) is 0 Å². The number of nitrogens with zero attached hydrogens (tertiary/aromatic N) is 1. The van der Waals surface area contributed by atoms with Crippen molar-refractivity contribution in [1.82, 2.24) is 4.90 Å². The lowest BCUT2D eigenvalue weighted by atomic mass is 9.91. The van der Waals surface area contributed by atoms with Gasteiger partial charge in [-0.25, -0.2) is 0 Å². The summed E-state index contributed by atoms with van der Waals surface area (Å²) < 4.78 is 37.9. The minimum atomic E-state index is -4.27. The molecule has 2 nitrogen and oxygen atoms in total. The molecule has 1 atom stereocenters. The summed E-state index contributed by atoms with van der Waals surface area (Å²) in [5.74, 6) is -2.42. The summed E-state index contributed by atoms with van der Waals surface area (Å²) in [5, 5.41) is 0. The van der Waals surface area contributed by atoms with Gasteiger partial charge in [0.05, 0.1) is 5.92 Å². The monoisotopic (exact) mass is 237 g/mol. The van der Waals surface area contributed by atoms with Gasteiger partial charge in [-0.1, -0.05) is 13.8 Å².